The molecule has 1 unspecified atom stereocenters. The molecule has 1 aliphatic rings. The van der Waals surface area contributed by atoms with Crippen molar-refractivity contribution in [3.05, 3.63) is 34.3 Å². The zero-order valence-electron chi connectivity index (χ0n) is 12.9. The van der Waals surface area contributed by atoms with Gasteiger partial charge in [0, 0.05) is 36.3 Å². The molecular formula is C16H22BrN3O3. The van der Waals surface area contributed by atoms with E-state index >= 15 is 0 Å². The Morgan fingerprint density at radius 1 is 1.26 bits per heavy atom. The maximum absolute atomic E-state index is 12.0. The van der Waals surface area contributed by atoms with Gasteiger partial charge in [-0.25, -0.2) is 0 Å². The third-order valence-corrected chi connectivity index (χ3v) is 4.37. The molecule has 0 aromatic heterocycles. The maximum Gasteiger partial charge on any atom is 0.251 e. The van der Waals surface area contributed by atoms with Gasteiger partial charge in [0.15, 0.2) is 0 Å². The van der Waals surface area contributed by atoms with Gasteiger partial charge in [-0.1, -0.05) is 22.0 Å². The summed E-state index contributed by atoms with van der Waals surface area (Å²) in [6, 6.07) is 6.62. The Labute approximate surface area is 144 Å². The van der Waals surface area contributed by atoms with E-state index < -0.39 is 6.04 Å². The molecule has 6 nitrogen and oxygen atoms in total. The number of ether oxygens (including phenoxy) is 1. The quantitative estimate of drug-likeness (QED) is 0.640. The second kappa shape index (κ2) is 9.00. The summed E-state index contributed by atoms with van der Waals surface area (Å²) in [5, 5.41) is 5.53. The van der Waals surface area contributed by atoms with Gasteiger partial charge >= 0.3 is 0 Å². The first-order chi connectivity index (χ1) is 11.1. The van der Waals surface area contributed by atoms with Crippen molar-refractivity contribution in [3.8, 4) is 0 Å². The smallest absolute Gasteiger partial charge is 0.251 e. The minimum Gasteiger partial charge on any atom is -0.381 e. The number of halogens is 1. The molecule has 2 amide bonds. The molecule has 0 aliphatic carbocycles. The standard InChI is InChI=1S/C16H22BrN3O3/c17-13-3-1-2-12(10-13)15(21)19-6-7-20-16(22)14(18)11-4-8-23-9-5-11/h1-3,10-11,14H,4-9,18H2,(H,19,21)(H,20,22). The van der Waals surface area contributed by atoms with Crippen LogP contribution in [0.1, 0.15) is 23.2 Å². The number of benzene rings is 1. The number of nitrogens with two attached hydrogens (primary N) is 1. The van der Waals surface area contributed by atoms with Crippen molar-refractivity contribution >= 4 is 27.7 Å². The van der Waals surface area contributed by atoms with Crippen LogP contribution in [0.4, 0.5) is 0 Å². The predicted octanol–water partition coefficient (Wildman–Crippen LogP) is 1.05. The molecule has 4 N–H and O–H groups in total. The van der Waals surface area contributed by atoms with Crippen molar-refractivity contribution in [1.29, 1.82) is 0 Å². The molecule has 0 spiro atoms. The van der Waals surface area contributed by atoms with Gasteiger partial charge < -0.3 is 21.1 Å². The minimum absolute atomic E-state index is 0.167. The van der Waals surface area contributed by atoms with Crippen LogP contribution in [-0.4, -0.2) is 44.2 Å². The van der Waals surface area contributed by atoms with Crippen molar-refractivity contribution in [2.75, 3.05) is 26.3 Å². The summed E-state index contributed by atoms with van der Waals surface area (Å²) < 4.78 is 6.11. The second-order valence-electron chi connectivity index (χ2n) is 5.53. The molecule has 1 saturated heterocycles. The first-order valence-electron chi connectivity index (χ1n) is 7.72. The third-order valence-electron chi connectivity index (χ3n) is 3.87. The van der Waals surface area contributed by atoms with E-state index in [2.05, 4.69) is 26.6 Å². The van der Waals surface area contributed by atoms with Crippen molar-refractivity contribution in [2.24, 2.45) is 11.7 Å². The van der Waals surface area contributed by atoms with Crippen LogP contribution < -0.4 is 16.4 Å². The maximum atomic E-state index is 12.0. The van der Waals surface area contributed by atoms with Crippen molar-refractivity contribution in [3.63, 3.8) is 0 Å². The van der Waals surface area contributed by atoms with E-state index in [1.165, 1.54) is 0 Å². The zero-order valence-corrected chi connectivity index (χ0v) is 14.5. The molecule has 23 heavy (non-hydrogen) atoms. The minimum atomic E-state index is -0.514. The van der Waals surface area contributed by atoms with Crippen molar-refractivity contribution < 1.29 is 14.3 Å². The van der Waals surface area contributed by atoms with Gasteiger partial charge in [-0.05, 0) is 37.0 Å². The highest BCUT2D eigenvalue weighted by Gasteiger charge is 2.26. The Morgan fingerprint density at radius 3 is 2.65 bits per heavy atom. The SMILES string of the molecule is NC(C(=O)NCCNC(=O)c1cccc(Br)c1)C1CCOCC1. The molecule has 7 heteroatoms. The van der Waals surface area contributed by atoms with E-state index in [0.717, 1.165) is 17.3 Å². The number of nitrogens with one attached hydrogen (secondary N) is 2. The lowest BCUT2D eigenvalue weighted by Gasteiger charge is -2.26. The van der Waals surface area contributed by atoms with Gasteiger partial charge in [0.25, 0.3) is 5.91 Å². The number of rotatable bonds is 6. The molecule has 0 saturated carbocycles. The van der Waals surface area contributed by atoms with Gasteiger partial charge in [0.2, 0.25) is 5.91 Å². The fraction of sp³-hybridized carbons (Fsp3) is 0.500. The van der Waals surface area contributed by atoms with Crippen LogP contribution in [0.25, 0.3) is 0 Å². The number of carbonyl (C=O) groups excluding carboxylic acids is 2. The largest absolute Gasteiger partial charge is 0.381 e. The summed E-state index contributed by atoms with van der Waals surface area (Å²) in [5.74, 6) is -0.178. The van der Waals surface area contributed by atoms with Crippen LogP contribution in [0.3, 0.4) is 0 Å². The zero-order chi connectivity index (χ0) is 16.7. The lowest BCUT2D eigenvalue weighted by Crippen LogP contribution is -2.48. The average Bonchev–Trinajstić information content (AvgIpc) is 2.58. The lowest BCUT2D eigenvalue weighted by molar-refractivity contribution is -0.124. The molecule has 1 aliphatic heterocycles. The van der Waals surface area contributed by atoms with E-state index in [0.29, 0.717) is 31.9 Å². The van der Waals surface area contributed by atoms with Crippen molar-refractivity contribution in [1.82, 2.24) is 10.6 Å². The Morgan fingerprint density at radius 2 is 1.96 bits per heavy atom. The number of carbonyl (C=O) groups is 2. The van der Waals surface area contributed by atoms with Gasteiger partial charge in [-0.15, -0.1) is 0 Å². The monoisotopic (exact) mass is 383 g/mol. The van der Waals surface area contributed by atoms with Crippen LogP contribution in [0.2, 0.25) is 0 Å². The first kappa shape index (κ1) is 17.9. The molecule has 126 valence electrons. The number of hydrogen-bond acceptors (Lipinski definition) is 4. The summed E-state index contributed by atoms with van der Waals surface area (Å²) in [5.41, 5.74) is 6.56. The molecule has 1 atom stereocenters. The molecule has 1 fully saturated rings. The van der Waals surface area contributed by atoms with Crippen LogP contribution >= 0.6 is 15.9 Å². The van der Waals surface area contributed by atoms with Gasteiger partial charge in [-0.3, -0.25) is 9.59 Å². The summed E-state index contributed by atoms with van der Waals surface area (Å²) in [7, 11) is 0. The number of amides is 2. The van der Waals surface area contributed by atoms with Crippen molar-refractivity contribution in [2.45, 2.75) is 18.9 Å². The Kier molecular flexibility index (Phi) is 7.01. The highest BCUT2D eigenvalue weighted by molar-refractivity contribution is 9.10. The van der Waals surface area contributed by atoms with Gasteiger partial charge in [0.1, 0.15) is 0 Å². The van der Waals surface area contributed by atoms with Gasteiger partial charge in [0.05, 0.1) is 6.04 Å². The van der Waals surface area contributed by atoms with E-state index in [1.807, 2.05) is 6.07 Å². The average molecular weight is 384 g/mol. The third kappa shape index (κ3) is 5.60. The van der Waals surface area contributed by atoms with E-state index in [9.17, 15) is 9.59 Å². The molecule has 1 heterocycles. The molecule has 2 rings (SSSR count). The summed E-state index contributed by atoms with van der Waals surface area (Å²) in [6.45, 7) is 2.04. The van der Waals surface area contributed by atoms with Crippen LogP contribution in [-0.2, 0) is 9.53 Å². The van der Waals surface area contributed by atoms with Crippen LogP contribution in [0, 0.1) is 5.92 Å². The molecule has 1 aromatic rings. The normalized spacial score (nSPS) is 16.6. The Bertz CT molecular complexity index is 547. The van der Waals surface area contributed by atoms with E-state index in [-0.39, 0.29) is 17.7 Å². The second-order valence-corrected chi connectivity index (χ2v) is 6.45. The molecule has 0 bridgehead atoms. The Balaban J connectivity index is 1.68. The van der Waals surface area contributed by atoms with Gasteiger partial charge in [-0.2, -0.15) is 0 Å². The first-order valence-corrected chi connectivity index (χ1v) is 8.52. The summed E-state index contributed by atoms with van der Waals surface area (Å²) >= 11 is 3.33. The fourth-order valence-corrected chi connectivity index (χ4v) is 2.90. The summed E-state index contributed by atoms with van der Waals surface area (Å²) in [6.07, 6.45) is 1.63. The van der Waals surface area contributed by atoms with Crippen LogP contribution in [0.5, 0.6) is 0 Å². The fourth-order valence-electron chi connectivity index (χ4n) is 2.50. The lowest BCUT2D eigenvalue weighted by atomic mass is 9.92. The number of hydrogen-bond donors (Lipinski definition) is 3. The topological polar surface area (TPSA) is 93.5 Å². The Hall–Kier alpha value is -1.44. The molecule has 1 aromatic carbocycles. The molecular weight excluding hydrogens is 362 g/mol. The van der Waals surface area contributed by atoms with Crippen LogP contribution in [0.15, 0.2) is 28.7 Å². The highest BCUT2D eigenvalue weighted by atomic mass is 79.9. The van der Waals surface area contributed by atoms with E-state index in [4.69, 9.17) is 10.5 Å². The highest BCUT2D eigenvalue weighted by Crippen LogP contribution is 2.17. The molecule has 0 radical (unpaired) electrons. The van der Waals surface area contributed by atoms with E-state index in [1.54, 1.807) is 18.2 Å². The summed E-state index contributed by atoms with van der Waals surface area (Å²) in [4.78, 5) is 23.9. The predicted molar refractivity (Wildman–Crippen MR) is 91.0 cm³/mol.